The molecule has 2 aromatic rings. The first kappa shape index (κ1) is 17.6. The van der Waals surface area contributed by atoms with Crippen LogP contribution in [0.2, 0.25) is 0 Å². The van der Waals surface area contributed by atoms with E-state index >= 15 is 0 Å². The van der Waals surface area contributed by atoms with Gasteiger partial charge in [0.05, 0.1) is 25.1 Å². The summed E-state index contributed by atoms with van der Waals surface area (Å²) >= 11 is 1.15. The third kappa shape index (κ3) is 4.36. The summed E-state index contributed by atoms with van der Waals surface area (Å²) in [5.74, 6) is 0.814. The lowest BCUT2D eigenvalue weighted by atomic mass is 10.1. The summed E-state index contributed by atoms with van der Waals surface area (Å²) in [7, 11) is 1.59. The Hall–Kier alpha value is -2.79. The third-order valence-corrected chi connectivity index (χ3v) is 4.09. The predicted octanol–water partition coefficient (Wildman–Crippen LogP) is 1.91. The lowest BCUT2D eigenvalue weighted by Crippen LogP contribution is -2.28. The highest BCUT2D eigenvalue weighted by Crippen LogP contribution is 2.24. The maximum absolute atomic E-state index is 12.1. The van der Waals surface area contributed by atoms with Crippen LogP contribution < -0.4 is 15.8 Å². The Morgan fingerprint density at radius 3 is 2.92 bits per heavy atom. The summed E-state index contributed by atoms with van der Waals surface area (Å²) in [6, 6.07) is 9.22. The van der Waals surface area contributed by atoms with Crippen LogP contribution in [0.5, 0.6) is 5.75 Å². The maximum Gasteiger partial charge on any atom is 0.230 e. The van der Waals surface area contributed by atoms with Crippen molar-refractivity contribution in [2.75, 3.05) is 18.6 Å². The zero-order valence-corrected chi connectivity index (χ0v) is 14.1. The molecule has 124 valence electrons. The summed E-state index contributed by atoms with van der Waals surface area (Å²) < 4.78 is 5.30. The molecule has 0 spiro atoms. The van der Waals surface area contributed by atoms with E-state index in [4.69, 9.17) is 15.7 Å². The lowest BCUT2D eigenvalue weighted by Gasteiger charge is -2.17. The monoisotopic (exact) mass is 343 g/mol. The molecule has 0 bridgehead atoms. The van der Waals surface area contributed by atoms with Gasteiger partial charge in [-0.2, -0.15) is 5.26 Å². The normalized spacial score (nSPS) is 11.4. The minimum atomic E-state index is -0.193. The zero-order chi connectivity index (χ0) is 17.5. The van der Waals surface area contributed by atoms with E-state index in [0.717, 1.165) is 23.1 Å². The average molecular weight is 343 g/mol. The molecule has 2 rings (SSSR count). The van der Waals surface area contributed by atoms with E-state index in [0.29, 0.717) is 5.16 Å². The number of rotatable bonds is 6. The largest absolute Gasteiger partial charge is 0.496 e. The van der Waals surface area contributed by atoms with Crippen LogP contribution in [0.1, 0.15) is 24.1 Å². The molecule has 1 heterocycles. The molecule has 1 amide bonds. The Morgan fingerprint density at radius 1 is 1.50 bits per heavy atom. The second-order valence-corrected chi connectivity index (χ2v) is 5.83. The van der Waals surface area contributed by atoms with Gasteiger partial charge in [0, 0.05) is 5.56 Å². The molecule has 1 aromatic heterocycles. The van der Waals surface area contributed by atoms with Crippen LogP contribution in [-0.4, -0.2) is 28.7 Å². The molecule has 1 atom stereocenters. The number of nitrogens with one attached hydrogen (secondary N) is 1. The van der Waals surface area contributed by atoms with E-state index in [1.165, 1.54) is 6.20 Å². The Morgan fingerprint density at radius 2 is 2.25 bits per heavy atom. The van der Waals surface area contributed by atoms with Gasteiger partial charge in [-0.1, -0.05) is 30.0 Å². The number of para-hydroxylation sites is 1. The van der Waals surface area contributed by atoms with E-state index < -0.39 is 0 Å². The number of amides is 1. The number of benzene rings is 1. The number of carbonyl (C=O) groups excluding carboxylic acids is 1. The first-order valence-electron chi connectivity index (χ1n) is 7.12. The van der Waals surface area contributed by atoms with Crippen molar-refractivity contribution in [1.82, 2.24) is 15.3 Å². The molecule has 0 aliphatic carbocycles. The van der Waals surface area contributed by atoms with E-state index in [1.807, 2.05) is 37.3 Å². The van der Waals surface area contributed by atoms with Gasteiger partial charge in [0.1, 0.15) is 23.2 Å². The van der Waals surface area contributed by atoms with Gasteiger partial charge in [-0.05, 0) is 13.0 Å². The SMILES string of the molecule is COc1ccccc1[C@H](C)NC(=O)CSc1ncc(C#N)c(N)n1. The van der Waals surface area contributed by atoms with Crippen LogP contribution in [0.4, 0.5) is 5.82 Å². The summed E-state index contributed by atoms with van der Waals surface area (Å²) in [6.07, 6.45) is 1.35. The highest BCUT2D eigenvalue weighted by molar-refractivity contribution is 7.99. The van der Waals surface area contributed by atoms with Gasteiger partial charge in [0.15, 0.2) is 5.16 Å². The minimum Gasteiger partial charge on any atom is -0.496 e. The number of thioether (sulfide) groups is 1. The molecule has 7 nitrogen and oxygen atoms in total. The smallest absolute Gasteiger partial charge is 0.230 e. The first-order valence-corrected chi connectivity index (χ1v) is 8.11. The summed E-state index contributed by atoms with van der Waals surface area (Å²) in [6.45, 7) is 1.89. The number of carbonyl (C=O) groups is 1. The van der Waals surface area contributed by atoms with Gasteiger partial charge in [-0.25, -0.2) is 9.97 Å². The Kier molecular flexibility index (Phi) is 5.98. The number of anilines is 1. The van der Waals surface area contributed by atoms with Crippen LogP contribution in [0.3, 0.4) is 0 Å². The van der Waals surface area contributed by atoms with Crippen LogP contribution in [-0.2, 0) is 4.79 Å². The predicted molar refractivity (Wildman–Crippen MR) is 91.4 cm³/mol. The number of aromatic nitrogens is 2. The fourth-order valence-electron chi connectivity index (χ4n) is 2.05. The Bertz CT molecular complexity index is 775. The summed E-state index contributed by atoms with van der Waals surface area (Å²) in [4.78, 5) is 20.1. The number of methoxy groups -OCH3 is 1. The molecule has 1 aromatic carbocycles. The molecule has 0 saturated carbocycles. The van der Waals surface area contributed by atoms with Crippen molar-refractivity contribution in [3.8, 4) is 11.8 Å². The molecule has 0 unspecified atom stereocenters. The number of ether oxygens (including phenoxy) is 1. The van der Waals surface area contributed by atoms with Crippen molar-refractivity contribution in [2.45, 2.75) is 18.1 Å². The lowest BCUT2D eigenvalue weighted by molar-refractivity contribution is -0.119. The van der Waals surface area contributed by atoms with E-state index in [1.54, 1.807) is 7.11 Å². The second kappa shape index (κ2) is 8.17. The number of hydrogen-bond acceptors (Lipinski definition) is 7. The van der Waals surface area contributed by atoms with Gasteiger partial charge in [-0.3, -0.25) is 4.79 Å². The van der Waals surface area contributed by atoms with E-state index in [9.17, 15) is 4.79 Å². The second-order valence-electron chi connectivity index (χ2n) is 4.88. The van der Waals surface area contributed by atoms with Gasteiger partial charge in [-0.15, -0.1) is 0 Å². The summed E-state index contributed by atoms with van der Waals surface area (Å²) in [5.41, 5.74) is 6.74. The fourth-order valence-corrected chi connectivity index (χ4v) is 2.68. The molecule has 24 heavy (non-hydrogen) atoms. The highest BCUT2D eigenvalue weighted by Gasteiger charge is 2.14. The highest BCUT2D eigenvalue weighted by atomic mass is 32.2. The molecule has 3 N–H and O–H groups in total. The van der Waals surface area contributed by atoms with Crippen LogP contribution in [0, 0.1) is 11.3 Å². The van der Waals surface area contributed by atoms with Gasteiger partial charge >= 0.3 is 0 Å². The van der Waals surface area contributed by atoms with Crippen LogP contribution in [0.15, 0.2) is 35.6 Å². The zero-order valence-electron chi connectivity index (χ0n) is 13.3. The van der Waals surface area contributed by atoms with E-state index in [2.05, 4.69) is 15.3 Å². The van der Waals surface area contributed by atoms with Crippen LogP contribution >= 0.6 is 11.8 Å². The van der Waals surface area contributed by atoms with Crippen molar-refractivity contribution in [3.05, 3.63) is 41.6 Å². The van der Waals surface area contributed by atoms with Crippen molar-refractivity contribution in [3.63, 3.8) is 0 Å². The van der Waals surface area contributed by atoms with E-state index in [-0.39, 0.29) is 29.1 Å². The van der Waals surface area contributed by atoms with Crippen LogP contribution in [0.25, 0.3) is 0 Å². The molecule has 0 saturated heterocycles. The van der Waals surface area contributed by atoms with Crippen molar-refractivity contribution < 1.29 is 9.53 Å². The molecular formula is C16H17N5O2S. The fraction of sp³-hybridized carbons (Fsp3) is 0.250. The maximum atomic E-state index is 12.1. The standard InChI is InChI=1S/C16H17N5O2S/c1-10(12-5-3-4-6-13(12)23-2)20-14(22)9-24-16-19-8-11(7-17)15(18)21-16/h3-6,8,10H,9H2,1-2H3,(H,20,22)(H2,18,19,21)/t10-/m0/s1. The minimum absolute atomic E-state index is 0.109. The first-order chi connectivity index (χ1) is 11.5. The third-order valence-electron chi connectivity index (χ3n) is 3.23. The molecule has 0 fully saturated rings. The Balaban J connectivity index is 1.93. The quantitative estimate of drug-likeness (QED) is 0.608. The number of hydrogen-bond donors (Lipinski definition) is 2. The van der Waals surface area contributed by atoms with Crippen molar-refractivity contribution in [2.24, 2.45) is 0 Å². The number of nitrogens with two attached hydrogens (primary N) is 1. The van der Waals surface area contributed by atoms with Gasteiger partial charge < -0.3 is 15.8 Å². The number of nitrogen functional groups attached to an aromatic ring is 1. The molecular weight excluding hydrogens is 326 g/mol. The number of nitrogens with zero attached hydrogens (tertiary/aromatic N) is 3. The number of nitriles is 1. The Labute approximate surface area is 144 Å². The van der Waals surface area contributed by atoms with Crippen molar-refractivity contribution >= 4 is 23.5 Å². The topological polar surface area (TPSA) is 114 Å². The van der Waals surface area contributed by atoms with Gasteiger partial charge in [0.2, 0.25) is 5.91 Å². The van der Waals surface area contributed by atoms with Crippen molar-refractivity contribution in [1.29, 1.82) is 5.26 Å². The summed E-state index contributed by atoms with van der Waals surface area (Å²) in [5, 5.41) is 12.0. The average Bonchev–Trinajstić information content (AvgIpc) is 2.60. The molecule has 0 aliphatic rings. The van der Waals surface area contributed by atoms with Gasteiger partial charge in [0.25, 0.3) is 0 Å². The molecule has 0 radical (unpaired) electrons. The molecule has 8 heteroatoms. The molecule has 0 aliphatic heterocycles.